The van der Waals surface area contributed by atoms with Crippen molar-refractivity contribution in [3.63, 3.8) is 0 Å². The van der Waals surface area contributed by atoms with E-state index in [2.05, 4.69) is 16.4 Å². The molecule has 0 unspecified atom stereocenters. The molecule has 9 heteroatoms. The van der Waals surface area contributed by atoms with Crippen molar-refractivity contribution in [2.75, 3.05) is 36.6 Å². The number of ether oxygens (including phenoxy) is 1. The molecule has 0 bridgehead atoms. The molecule has 1 aromatic heterocycles. The van der Waals surface area contributed by atoms with Crippen LogP contribution in [0.1, 0.15) is 27.9 Å². The maximum atomic E-state index is 12.9. The van der Waals surface area contributed by atoms with Gasteiger partial charge in [-0.25, -0.2) is 4.98 Å². The van der Waals surface area contributed by atoms with Crippen LogP contribution in [0.2, 0.25) is 0 Å². The van der Waals surface area contributed by atoms with Crippen LogP contribution in [-0.4, -0.2) is 52.8 Å². The van der Waals surface area contributed by atoms with Crippen molar-refractivity contribution in [3.8, 4) is 6.07 Å². The number of hydrogen-bond donors (Lipinski definition) is 2. The first-order valence-electron chi connectivity index (χ1n) is 10.3. The van der Waals surface area contributed by atoms with Crippen LogP contribution in [0.4, 0.5) is 11.6 Å². The maximum absolute atomic E-state index is 12.9. The van der Waals surface area contributed by atoms with Crippen LogP contribution < -0.4 is 10.2 Å². The number of fused-ring (bicyclic) bond motifs is 1. The summed E-state index contributed by atoms with van der Waals surface area (Å²) in [6.45, 7) is 3.24. The van der Waals surface area contributed by atoms with Crippen LogP contribution in [0.5, 0.6) is 0 Å². The number of aliphatic hydroxyl groups is 1. The summed E-state index contributed by atoms with van der Waals surface area (Å²) in [5, 5.41) is 21.4. The van der Waals surface area contributed by atoms with Gasteiger partial charge in [-0.2, -0.15) is 5.26 Å². The van der Waals surface area contributed by atoms with E-state index in [1.807, 2.05) is 29.7 Å². The van der Waals surface area contributed by atoms with Crippen LogP contribution in [0.3, 0.4) is 0 Å². The Morgan fingerprint density at radius 3 is 2.91 bits per heavy atom. The van der Waals surface area contributed by atoms with Gasteiger partial charge in [0.25, 0.3) is 11.8 Å². The lowest BCUT2D eigenvalue weighted by atomic mass is 10.1. The minimum Gasteiger partial charge on any atom is -0.396 e. The Kier molecular flexibility index (Phi) is 6.16. The number of hydrogen-bond acceptors (Lipinski definition) is 6. The van der Waals surface area contributed by atoms with Crippen LogP contribution in [0, 0.1) is 18.3 Å². The van der Waals surface area contributed by atoms with Crippen molar-refractivity contribution >= 4 is 34.5 Å². The van der Waals surface area contributed by atoms with Crippen molar-refractivity contribution < 1.29 is 19.4 Å². The Morgan fingerprint density at radius 2 is 2.16 bits per heavy atom. The molecule has 0 saturated carbocycles. The number of aliphatic hydroxyl groups excluding tert-OH is 1. The van der Waals surface area contributed by atoms with Crippen molar-refractivity contribution in [2.24, 2.45) is 0 Å². The summed E-state index contributed by atoms with van der Waals surface area (Å²) in [5.74, 6) is -0.162. The molecule has 0 aliphatic carbocycles. The van der Waals surface area contributed by atoms with E-state index in [1.54, 1.807) is 23.1 Å². The smallest absolute Gasteiger partial charge is 0.258 e. The number of rotatable bonds is 6. The number of nitriles is 1. The molecule has 1 aliphatic heterocycles. The highest BCUT2D eigenvalue weighted by atomic mass is 16.5. The normalized spacial score (nSPS) is 13.9. The number of nitrogens with zero attached hydrogens (tertiary/aromatic N) is 4. The van der Waals surface area contributed by atoms with Gasteiger partial charge in [-0.15, -0.1) is 0 Å². The van der Waals surface area contributed by atoms with E-state index in [4.69, 9.17) is 4.74 Å². The van der Waals surface area contributed by atoms with Gasteiger partial charge in [0, 0.05) is 30.9 Å². The summed E-state index contributed by atoms with van der Waals surface area (Å²) < 4.78 is 7.02. The molecule has 0 radical (unpaired) electrons. The van der Waals surface area contributed by atoms with E-state index < -0.39 is 0 Å². The molecule has 1 saturated heterocycles. The summed E-state index contributed by atoms with van der Waals surface area (Å²) in [5.41, 5.74) is 3.70. The summed E-state index contributed by atoms with van der Waals surface area (Å²) in [7, 11) is 0. The Morgan fingerprint density at radius 1 is 1.31 bits per heavy atom. The Balaban J connectivity index is 1.68. The van der Waals surface area contributed by atoms with E-state index in [9.17, 15) is 20.0 Å². The zero-order chi connectivity index (χ0) is 22.7. The fraction of sp³-hybridized carbons (Fsp3) is 0.304. The molecular formula is C23H23N5O4. The van der Waals surface area contributed by atoms with Crippen molar-refractivity contribution in [2.45, 2.75) is 19.9 Å². The number of imidazole rings is 1. The molecule has 32 heavy (non-hydrogen) atoms. The Hall–Kier alpha value is -3.74. The monoisotopic (exact) mass is 433 g/mol. The van der Waals surface area contributed by atoms with E-state index in [1.165, 1.54) is 0 Å². The first-order valence-corrected chi connectivity index (χ1v) is 10.3. The predicted molar refractivity (Wildman–Crippen MR) is 118 cm³/mol. The summed E-state index contributed by atoms with van der Waals surface area (Å²) in [6, 6.07) is 12.5. The third kappa shape index (κ3) is 4.19. The second-order valence-corrected chi connectivity index (χ2v) is 7.53. The zero-order valence-corrected chi connectivity index (χ0v) is 17.7. The van der Waals surface area contributed by atoms with Gasteiger partial charge >= 0.3 is 0 Å². The van der Waals surface area contributed by atoms with Crippen LogP contribution in [-0.2, 0) is 16.1 Å². The Labute approximate surface area is 184 Å². The quantitative estimate of drug-likeness (QED) is 0.615. The molecule has 3 aromatic rings. The largest absolute Gasteiger partial charge is 0.396 e. The van der Waals surface area contributed by atoms with E-state index in [0.717, 1.165) is 11.1 Å². The molecule has 9 nitrogen and oxygen atoms in total. The van der Waals surface area contributed by atoms with Gasteiger partial charge in [-0.1, -0.05) is 6.07 Å². The van der Waals surface area contributed by atoms with E-state index in [-0.39, 0.29) is 25.0 Å². The number of anilines is 2. The molecule has 164 valence electrons. The number of amides is 2. The first kappa shape index (κ1) is 21.5. The lowest BCUT2D eigenvalue weighted by Crippen LogP contribution is -2.41. The summed E-state index contributed by atoms with van der Waals surface area (Å²) in [4.78, 5) is 31.3. The highest BCUT2D eigenvalue weighted by Crippen LogP contribution is 2.27. The second-order valence-electron chi connectivity index (χ2n) is 7.53. The topological polar surface area (TPSA) is 120 Å². The number of aryl methyl sites for hydroxylation is 2. The molecule has 2 amide bonds. The fourth-order valence-corrected chi connectivity index (χ4v) is 3.69. The average Bonchev–Trinajstić information content (AvgIpc) is 3.14. The van der Waals surface area contributed by atoms with Crippen LogP contribution in [0.15, 0.2) is 36.4 Å². The molecule has 2 heterocycles. The minimum absolute atomic E-state index is 0.00306. The molecule has 1 fully saturated rings. The van der Waals surface area contributed by atoms with Gasteiger partial charge in [0.1, 0.15) is 6.61 Å². The molecule has 0 atom stereocenters. The van der Waals surface area contributed by atoms with E-state index in [0.29, 0.717) is 54.4 Å². The third-order valence-corrected chi connectivity index (χ3v) is 5.41. The Bertz CT molecular complexity index is 1230. The van der Waals surface area contributed by atoms with Crippen LogP contribution in [0.25, 0.3) is 11.0 Å². The number of carbonyl (C=O) groups is 2. The molecular weight excluding hydrogens is 410 g/mol. The third-order valence-electron chi connectivity index (χ3n) is 5.41. The van der Waals surface area contributed by atoms with Crippen molar-refractivity contribution in [1.82, 2.24) is 9.55 Å². The first-order chi connectivity index (χ1) is 15.5. The van der Waals surface area contributed by atoms with Gasteiger partial charge in [-0.3, -0.25) is 14.9 Å². The van der Waals surface area contributed by atoms with Gasteiger partial charge in [0.2, 0.25) is 5.95 Å². The minimum atomic E-state index is -0.384. The molecule has 2 N–H and O–H groups in total. The zero-order valence-electron chi connectivity index (χ0n) is 17.7. The number of carbonyl (C=O) groups excluding carboxylic acids is 2. The average molecular weight is 433 g/mol. The maximum Gasteiger partial charge on any atom is 0.258 e. The number of aromatic nitrogens is 2. The lowest BCUT2D eigenvalue weighted by Gasteiger charge is -2.26. The number of benzene rings is 2. The molecule has 4 rings (SSSR count). The van der Waals surface area contributed by atoms with Crippen LogP contribution >= 0.6 is 0 Å². The standard InChI is InChI=1S/C23H23N5O4/c1-15-3-4-16(11-17(15)13-24)22(31)26-23-25-19-12-18(27-8-10-32-14-21(27)30)5-6-20(19)28(23)7-2-9-29/h3-6,11-12,29H,2,7-10,14H2,1H3,(H,25,26,31). The highest BCUT2D eigenvalue weighted by Gasteiger charge is 2.22. The predicted octanol–water partition coefficient (Wildman–Crippen LogP) is 2.21. The summed E-state index contributed by atoms with van der Waals surface area (Å²) in [6.07, 6.45) is 0.487. The summed E-state index contributed by atoms with van der Waals surface area (Å²) >= 11 is 0. The van der Waals surface area contributed by atoms with Gasteiger partial charge in [-0.05, 0) is 49.2 Å². The molecule has 0 spiro atoms. The number of morpholine rings is 1. The second kappa shape index (κ2) is 9.18. The van der Waals surface area contributed by atoms with Crippen molar-refractivity contribution in [1.29, 1.82) is 5.26 Å². The lowest BCUT2D eigenvalue weighted by molar-refractivity contribution is -0.125. The fourth-order valence-electron chi connectivity index (χ4n) is 3.69. The van der Waals surface area contributed by atoms with Crippen molar-refractivity contribution in [3.05, 3.63) is 53.1 Å². The van der Waals surface area contributed by atoms with Gasteiger partial charge in [0.05, 0.1) is 29.3 Å². The molecule has 1 aliphatic rings. The van der Waals surface area contributed by atoms with E-state index >= 15 is 0 Å². The SMILES string of the molecule is Cc1ccc(C(=O)Nc2nc3cc(N4CCOCC4=O)ccc3n2CCCO)cc1C#N. The highest BCUT2D eigenvalue weighted by molar-refractivity contribution is 6.04. The van der Waals surface area contributed by atoms with Gasteiger partial charge < -0.3 is 19.3 Å². The number of nitrogens with one attached hydrogen (secondary N) is 1. The van der Waals surface area contributed by atoms with Gasteiger partial charge in [0.15, 0.2) is 0 Å². The molecule has 2 aromatic carbocycles.